The van der Waals surface area contributed by atoms with Gasteiger partial charge in [-0.05, 0) is 12.1 Å². The smallest absolute Gasteiger partial charge is 0.356 e. The van der Waals surface area contributed by atoms with Crippen LogP contribution in [0.3, 0.4) is 0 Å². The number of carbonyl (C=O) groups is 1. The molecular weight excluding hydrogens is 244 g/mol. The monoisotopic (exact) mass is 257 g/mol. The van der Waals surface area contributed by atoms with E-state index < -0.39 is 17.9 Å². The molecule has 1 aromatic rings. The molecule has 0 aromatic heterocycles. The lowest BCUT2D eigenvalue weighted by atomic mass is 10.1. The largest absolute Gasteiger partial charge is 0.379 e. The number of carbonyl (C=O) groups excluding carboxylic acids is 1. The molecule has 1 aromatic carbocycles. The number of nitrogens with one attached hydrogen (secondary N) is 1. The first-order chi connectivity index (χ1) is 8.59. The summed E-state index contributed by atoms with van der Waals surface area (Å²) in [5.41, 5.74) is 2.38. The van der Waals surface area contributed by atoms with Crippen molar-refractivity contribution in [1.29, 1.82) is 0 Å². The van der Waals surface area contributed by atoms with E-state index in [0.717, 1.165) is 0 Å². The van der Waals surface area contributed by atoms with Crippen molar-refractivity contribution in [3.05, 3.63) is 35.9 Å². The molecular formula is C12H13F2NO3. The van der Waals surface area contributed by atoms with E-state index in [1.165, 1.54) is 0 Å². The quantitative estimate of drug-likeness (QED) is 0.838. The first-order valence-electron chi connectivity index (χ1n) is 5.57. The van der Waals surface area contributed by atoms with E-state index in [0.29, 0.717) is 5.56 Å². The summed E-state index contributed by atoms with van der Waals surface area (Å²) >= 11 is 0. The van der Waals surface area contributed by atoms with E-state index >= 15 is 0 Å². The van der Waals surface area contributed by atoms with E-state index in [1.54, 1.807) is 30.3 Å². The summed E-state index contributed by atoms with van der Waals surface area (Å²) in [4.78, 5) is 16.2. The number of ether oxygens (including phenoxy) is 1. The Bertz CT molecular complexity index is 411. The second kappa shape index (κ2) is 5.41. The molecule has 0 radical (unpaired) electrons. The van der Waals surface area contributed by atoms with Crippen LogP contribution in [0, 0.1) is 0 Å². The molecule has 0 saturated carbocycles. The predicted molar refractivity (Wildman–Crippen MR) is 59.2 cm³/mol. The molecule has 1 saturated heterocycles. The van der Waals surface area contributed by atoms with Crippen molar-refractivity contribution < 1.29 is 23.1 Å². The van der Waals surface area contributed by atoms with E-state index in [2.05, 4.69) is 10.3 Å². The summed E-state index contributed by atoms with van der Waals surface area (Å²) in [6, 6.07) is 6.84. The molecule has 6 heteroatoms. The molecule has 18 heavy (non-hydrogen) atoms. The first-order valence-corrected chi connectivity index (χ1v) is 5.57. The second-order valence-electron chi connectivity index (χ2n) is 4.01. The summed E-state index contributed by atoms with van der Waals surface area (Å²) < 4.78 is 31.7. The average molecular weight is 257 g/mol. The number of alkyl halides is 2. The fourth-order valence-corrected chi connectivity index (χ4v) is 1.58. The summed E-state index contributed by atoms with van der Waals surface area (Å²) in [7, 11) is 0. The summed E-state index contributed by atoms with van der Waals surface area (Å²) in [6.07, 6.45) is -0.381. The van der Waals surface area contributed by atoms with E-state index in [9.17, 15) is 13.6 Å². The van der Waals surface area contributed by atoms with Gasteiger partial charge in [-0.1, -0.05) is 18.2 Å². The maximum Gasteiger partial charge on any atom is 0.356 e. The van der Waals surface area contributed by atoms with Gasteiger partial charge in [0.2, 0.25) is 0 Å². The molecule has 0 aliphatic carbocycles. The molecule has 1 fully saturated rings. The highest BCUT2D eigenvalue weighted by Crippen LogP contribution is 2.27. The minimum Gasteiger partial charge on any atom is -0.379 e. The van der Waals surface area contributed by atoms with Gasteiger partial charge < -0.3 is 9.57 Å². The third kappa shape index (κ3) is 3.02. The highest BCUT2D eigenvalue weighted by molar-refractivity contribution is 5.89. The lowest BCUT2D eigenvalue weighted by Crippen LogP contribution is -2.52. The molecule has 2 rings (SSSR count). The van der Waals surface area contributed by atoms with Crippen LogP contribution in [-0.4, -0.2) is 31.1 Å². The maximum absolute atomic E-state index is 13.4. The number of hydrogen-bond donors (Lipinski definition) is 1. The number of halogens is 2. The zero-order valence-corrected chi connectivity index (χ0v) is 9.57. The highest BCUT2D eigenvalue weighted by Gasteiger charge is 2.43. The van der Waals surface area contributed by atoms with Gasteiger partial charge in [0.15, 0.2) is 0 Å². The number of benzene rings is 1. The summed E-state index contributed by atoms with van der Waals surface area (Å²) in [5.74, 6) is -3.63. The number of hydrogen-bond acceptors (Lipinski definition) is 4. The normalized spacial score (nSPS) is 22.4. The van der Waals surface area contributed by atoms with Gasteiger partial charge in [0.05, 0.1) is 18.8 Å². The number of rotatable bonds is 3. The lowest BCUT2D eigenvalue weighted by Gasteiger charge is -2.30. The van der Waals surface area contributed by atoms with Crippen LogP contribution < -0.4 is 5.48 Å². The Labute approximate surface area is 103 Å². The molecule has 98 valence electrons. The Morgan fingerprint density at radius 1 is 1.39 bits per heavy atom. The van der Waals surface area contributed by atoms with Crippen molar-refractivity contribution in [3.8, 4) is 0 Å². The van der Waals surface area contributed by atoms with Crippen LogP contribution in [-0.2, 0) is 9.57 Å². The van der Waals surface area contributed by atoms with Crippen LogP contribution in [0.4, 0.5) is 8.78 Å². The Morgan fingerprint density at radius 3 is 2.78 bits per heavy atom. The SMILES string of the molecule is O=C(ONC1COCCC1(F)F)c1ccccc1. The third-order valence-corrected chi connectivity index (χ3v) is 2.68. The Hall–Kier alpha value is -1.53. The molecule has 1 unspecified atom stereocenters. The molecule has 1 aliphatic heterocycles. The first kappa shape index (κ1) is 12.9. The van der Waals surface area contributed by atoms with Gasteiger partial charge in [-0.3, -0.25) is 0 Å². The Balaban J connectivity index is 1.90. The minimum absolute atomic E-state index is 0.0117. The fourth-order valence-electron chi connectivity index (χ4n) is 1.58. The zero-order valence-electron chi connectivity index (χ0n) is 9.57. The third-order valence-electron chi connectivity index (χ3n) is 2.68. The van der Waals surface area contributed by atoms with Gasteiger partial charge in [0.25, 0.3) is 5.92 Å². The van der Waals surface area contributed by atoms with Gasteiger partial charge in [0.1, 0.15) is 6.04 Å². The van der Waals surface area contributed by atoms with Gasteiger partial charge in [-0.2, -0.15) is 0 Å². The van der Waals surface area contributed by atoms with Gasteiger partial charge in [0, 0.05) is 6.42 Å². The van der Waals surface area contributed by atoms with Crippen molar-refractivity contribution in [2.24, 2.45) is 0 Å². The van der Waals surface area contributed by atoms with Gasteiger partial charge in [-0.25, -0.2) is 13.6 Å². The van der Waals surface area contributed by atoms with Crippen molar-refractivity contribution in [2.75, 3.05) is 13.2 Å². The molecule has 1 heterocycles. The fraction of sp³-hybridized carbons (Fsp3) is 0.417. The molecule has 1 N–H and O–H groups in total. The standard InChI is InChI=1S/C12H13F2NO3/c13-12(14)6-7-17-8-10(12)15-18-11(16)9-4-2-1-3-5-9/h1-5,10,15H,6-8H2. The average Bonchev–Trinajstić information content (AvgIpc) is 2.38. The molecule has 0 bridgehead atoms. The molecule has 4 nitrogen and oxygen atoms in total. The van der Waals surface area contributed by atoms with Crippen LogP contribution in [0.25, 0.3) is 0 Å². The zero-order chi connectivity index (χ0) is 13.0. The topological polar surface area (TPSA) is 47.6 Å². The van der Waals surface area contributed by atoms with Crippen LogP contribution in [0.1, 0.15) is 16.8 Å². The molecule has 0 spiro atoms. The summed E-state index contributed by atoms with van der Waals surface area (Å²) in [5, 5.41) is 0. The van der Waals surface area contributed by atoms with E-state index in [4.69, 9.17) is 4.74 Å². The van der Waals surface area contributed by atoms with Gasteiger partial charge >= 0.3 is 5.97 Å². The van der Waals surface area contributed by atoms with Crippen LogP contribution >= 0.6 is 0 Å². The van der Waals surface area contributed by atoms with Crippen molar-refractivity contribution in [2.45, 2.75) is 18.4 Å². The van der Waals surface area contributed by atoms with Crippen LogP contribution in [0.15, 0.2) is 30.3 Å². The lowest BCUT2D eigenvalue weighted by molar-refractivity contribution is -0.147. The minimum atomic E-state index is -2.94. The Morgan fingerprint density at radius 2 is 2.11 bits per heavy atom. The predicted octanol–water partition coefficient (Wildman–Crippen LogP) is 1.77. The van der Waals surface area contributed by atoms with Crippen LogP contribution in [0.5, 0.6) is 0 Å². The highest BCUT2D eigenvalue weighted by atomic mass is 19.3. The Kier molecular flexibility index (Phi) is 3.88. The molecule has 1 atom stereocenters. The van der Waals surface area contributed by atoms with Crippen molar-refractivity contribution >= 4 is 5.97 Å². The van der Waals surface area contributed by atoms with Crippen molar-refractivity contribution in [3.63, 3.8) is 0 Å². The maximum atomic E-state index is 13.4. The molecule has 0 amide bonds. The van der Waals surface area contributed by atoms with Crippen LogP contribution in [0.2, 0.25) is 0 Å². The van der Waals surface area contributed by atoms with Crippen molar-refractivity contribution in [1.82, 2.24) is 5.48 Å². The number of hydroxylamine groups is 1. The second-order valence-corrected chi connectivity index (χ2v) is 4.01. The summed E-state index contributed by atoms with van der Waals surface area (Å²) in [6.45, 7) is -0.174. The van der Waals surface area contributed by atoms with E-state index in [1.807, 2.05) is 0 Å². The molecule has 1 aliphatic rings. The van der Waals surface area contributed by atoms with Gasteiger partial charge in [-0.15, -0.1) is 5.48 Å². The van der Waals surface area contributed by atoms with E-state index in [-0.39, 0.29) is 19.6 Å².